The van der Waals surface area contributed by atoms with Crippen LogP contribution in [0.3, 0.4) is 0 Å². The average molecular weight is 672 g/mol. The minimum atomic E-state index is -0.479. The van der Waals surface area contributed by atoms with Crippen LogP contribution in [-0.2, 0) is 10.3 Å². The number of hydrogen-bond acceptors (Lipinski definition) is 2. The van der Waals surface area contributed by atoms with Gasteiger partial charge in [0.15, 0.2) is 5.60 Å². The second-order valence-electron chi connectivity index (χ2n) is 6.76. The molecule has 0 aromatic heterocycles. The van der Waals surface area contributed by atoms with Gasteiger partial charge < -0.3 is 10.1 Å². The van der Waals surface area contributed by atoms with Gasteiger partial charge in [-0.1, -0.05) is 30.3 Å². The van der Waals surface area contributed by atoms with Gasteiger partial charge in [-0.05, 0) is 85.5 Å². The maximum atomic E-state index is 13.1. The molecule has 6 heteroatoms. The lowest BCUT2D eigenvalue weighted by Crippen LogP contribution is -2.89. The molecule has 0 amide bonds. The summed E-state index contributed by atoms with van der Waals surface area (Å²) in [6.45, 7) is 1.04. The number of benzene rings is 2. The van der Waals surface area contributed by atoms with Crippen LogP contribution in [0.4, 0.5) is 0 Å². The Morgan fingerprint density at radius 3 is 2.56 bits per heavy atom. The van der Waals surface area contributed by atoms with Gasteiger partial charge in [0.1, 0.15) is 0 Å². The minimum absolute atomic E-state index is 0.197. The fraction of sp³-hybridized carbons (Fsp3) is 0.316. The number of nitrogens with two attached hydrogens (primary N) is 1. The van der Waals surface area contributed by atoms with Crippen molar-refractivity contribution in [1.29, 1.82) is 0 Å². The summed E-state index contributed by atoms with van der Waals surface area (Å²) in [5.41, 5.74) is 1.34. The zero-order chi connectivity index (χ0) is 17.6. The number of fused-ring (bicyclic) bond motifs is 2. The normalized spacial score (nSPS) is 27.5. The van der Waals surface area contributed by atoms with Crippen molar-refractivity contribution in [2.75, 3.05) is 6.54 Å². The van der Waals surface area contributed by atoms with Crippen LogP contribution in [0.1, 0.15) is 28.8 Å². The Bertz CT molecular complexity index is 827. The van der Waals surface area contributed by atoms with Crippen LogP contribution in [0.2, 0.25) is 0 Å². The van der Waals surface area contributed by atoms with Crippen molar-refractivity contribution in [1.82, 2.24) is 0 Å². The van der Waals surface area contributed by atoms with Gasteiger partial charge in [-0.2, -0.15) is 0 Å². The summed E-state index contributed by atoms with van der Waals surface area (Å²) in [7, 11) is 0. The number of halogens is 3. The highest BCUT2D eigenvalue weighted by atomic mass is 127. The van der Waals surface area contributed by atoms with Gasteiger partial charge >= 0.3 is 5.97 Å². The molecule has 3 unspecified atom stereocenters. The number of carbonyl (C=O) groups excluding carboxylic acids is 1. The topological polar surface area (TPSA) is 42.9 Å². The molecule has 1 saturated heterocycles. The first kappa shape index (κ1) is 18.4. The minimum Gasteiger partial charge on any atom is -0.450 e. The molecule has 3 atom stereocenters. The molecule has 1 saturated carbocycles. The van der Waals surface area contributed by atoms with Crippen LogP contribution >= 0.6 is 67.8 Å². The third kappa shape index (κ3) is 3.36. The largest absolute Gasteiger partial charge is 0.450 e. The van der Waals surface area contributed by atoms with E-state index in [1.807, 2.05) is 24.3 Å². The van der Waals surface area contributed by atoms with Crippen molar-refractivity contribution >= 4 is 73.7 Å². The van der Waals surface area contributed by atoms with E-state index in [0.29, 0.717) is 17.5 Å². The van der Waals surface area contributed by atoms with Crippen LogP contribution in [0.25, 0.3) is 0 Å². The molecular formula is C19H17I3NO2+. The van der Waals surface area contributed by atoms with E-state index in [0.717, 1.165) is 35.7 Å². The second kappa shape index (κ2) is 7.23. The molecule has 2 aromatic rings. The SMILES string of the molecule is O=C(OC1(c2ccccc2)CC2CC1C[NH2+]2)c1cc(I)cc(I)c1I. The Hall–Kier alpha value is 0.0600. The predicted octanol–water partition coefficient (Wildman–Crippen LogP) is 3.91. The van der Waals surface area contributed by atoms with Gasteiger partial charge in [0, 0.05) is 23.6 Å². The summed E-state index contributed by atoms with van der Waals surface area (Å²) in [6.07, 6.45) is 2.04. The van der Waals surface area contributed by atoms with Crippen molar-refractivity contribution in [2.24, 2.45) is 5.92 Å². The molecule has 2 bridgehead atoms. The molecule has 0 radical (unpaired) electrons. The third-order valence-electron chi connectivity index (χ3n) is 5.32. The van der Waals surface area contributed by atoms with E-state index >= 15 is 0 Å². The molecule has 1 aliphatic heterocycles. The molecular weight excluding hydrogens is 655 g/mol. The number of rotatable bonds is 3. The first-order valence-electron chi connectivity index (χ1n) is 8.26. The Morgan fingerprint density at radius 1 is 1.16 bits per heavy atom. The quantitative estimate of drug-likeness (QED) is 0.306. The number of carbonyl (C=O) groups is 1. The van der Waals surface area contributed by atoms with Crippen molar-refractivity contribution < 1.29 is 14.8 Å². The molecule has 1 heterocycles. The molecule has 130 valence electrons. The van der Waals surface area contributed by atoms with E-state index in [9.17, 15) is 4.79 Å². The van der Waals surface area contributed by atoms with Gasteiger partial charge in [-0.3, -0.25) is 0 Å². The second-order valence-corrected chi connectivity index (χ2v) is 10.2. The molecule has 0 spiro atoms. The number of ether oxygens (including phenoxy) is 1. The molecule has 2 fully saturated rings. The zero-order valence-electron chi connectivity index (χ0n) is 13.3. The Kier molecular flexibility index (Phi) is 5.33. The third-order valence-corrected chi connectivity index (χ3v) is 8.98. The molecule has 2 aliphatic rings. The van der Waals surface area contributed by atoms with E-state index in [1.54, 1.807) is 0 Å². The van der Waals surface area contributed by atoms with Crippen molar-refractivity contribution in [3.05, 3.63) is 64.3 Å². The first-order valence-corrected chi connectivity index (χ1v) is 11.5. The first-order chi connectivity index (χ1) is 12.0. The molecule has 2 N–H and O–H groups in total. The summed E-state index contributed by atoms with van der Waals surface area (Å²) in [5, 5.41) is 2.40. The van der Waals surface area contributed by atoms with E-state index < -0.39 is 5.60 Å². The summed E-state index contributed by atoms with van der Waals surface area (Å²) < 4.78 is 9.45. The zero-order valence-corrected chi connectivity index (χ0v) is 19.8. The molecule has 1 aliphatic carbocycles. The highest BCUT2D eigenvalue weighted by Crippen LogP contribution is 2.48. The van der Waals surface area contributed by atoms with Crippen LogP contribution < -0.4 is 5.32 Å². The van der Waals surface area contributed by atoms with Crippen LogP contribution in [0.5, 0.6) is 0 Å². The molecule has 3 nitrogen and oxygen atoms in total. The van der Waals surface area contributed by atoms with Crippen molar-refractivity contribution in [3.63, 3.8) is 0 Å². The number of quaternary nitrogens is 1. The maximum Gasteiger partial charge on any atom is 0.340 e. The maximum absolute atomic E-state index is 13.1. The van der Waals surface area contributed by atoms with E-state index in [4.69, 9.17) is 4.74 Å². The van der Waals surface area contributed by atoms with Crippen LogP contribution in [0, 0.1) is 16.6 Å². The smallest absolute Gasteiger partial charge is 0.340 e. The van der Waals surface area contributed by atoms with Gasteiger partial charge in [-0.25, -0.2) is 4.79 Å². The van der Waals surface area contributed by atoms with Crippen LogP contribution in [-0.4, -0.2) is 18.6 Å². The lowest BCUT2D eigenvalue weighted by molar-refractivity contribution is -0.682. The van der Waals surface area contributed by atoms with Crippen LogP contribution in [0.15, 0.2) is 42.5 Å². The van der Waals surface area contributed by atoms with Gasteiger partial charge in [0.2, 0.25) is 0 Å². The predicted molar refractivity (Wildman–Crippen MR) is 121 cm³/mol. The highest BCUT2D eigenvalue weighted by molar-refractivity contribution is 14.1. The Balaban J connectivity index is 1.72. The Morgan fingerprint density at radius 2 is 1.92 bits per heavy atom. The number of esters is 1. The fourth-order valence-electron chi connectivity index (χ4n) is 4.20. The summed E-state index contributed by atoms with van der Waals surface area (Å²) in [4.78, 5) is 13.1. The standard InChI is InChI=1S/C19H16I3NO2/c20-13-7-15(17(22)16(21)8-13)18(24)25-19(11-4-2-1-3-5-11)9-14-6-12(19)10-23-14/h1-5,7-8,12,14,23H,6,9-10H2/p+1. The van der Waals surface area contributed by atoms with Crippen molar-refractivity contribution in [2.45, 2.75) is 24.5 Å². The Labute approximate surface area is 188 Å². The highest BCUT2D eigenvalue weighted by Gasteiger charge is 2.58. The lowest BCUT2D eigenvalue weighted by Gasteiger charge is -2.36. The van der Waals surface area contributed by atoms with Gasteiger partial charge in [0.05, 0.1) is 24.1 Å². The molecule has 25 heavy (non-hydrogen) atoms. The number of piperidine rings is 1. The summed E-state index contributed by atoms with van der Waals surface area (Å²) in [5.74, 6) is 0.195. The van der Waals surface area contributed by atoms with E-state index in [-0.39, 0.29) is 5.97 Å². The van der Waals surface area contributed by atoms with Gasteiger partial charge in [-0.15, -0.1) is 0 Å². The van der Waals surface area contributed by atoms with E-state index in [2.05, 4.69) is 91.3 Å². The average Bonchev–Trinajstić information content (AvgIpc) is 3.20. The lowest BCUT2D eigenvalue weighted by atomic mass is 9.82. The monoisotopic (exact) mass is 672 g/mol. The molecule has 2 aromatic carbocycles. The molecule has 4 rings (SSSR count). The fourth-order valence-corrected chi connectivity index (χ4v) is 6.58. The van der Waals surface area contributed by atoms with E-state index in [1.165, 1.54) is 0 Å². The number of hydrogen-bond donors (Lipinski definition) is 1. The van der Waals surface area contributed by atoms with Gasteiger partial charge in [0.25, 0.3) is 0 Å². The van der Waals surface area contributed by atoms with Crippen molar-refractivity contribution in [3.8, 4) is 0 Å². The summed E-state index contributed by atoms with van der Waals surface area (Å²) in [6, 6.07) is 14.9. The summed E-state index contributed by atoms with van der Waals surface area (Å²) >= 11 is 6.79.